The van der Waals surface area contributed by atoms with Crippen molar-refractivity contribution in [2.45, 2.75) is 13.1 Å². The number of morpholine rings is 1. The predicted octanol–water partition coefficient (Wildman–Crippen LogP) is 2.96. The van der Waals surface area contributed by atoms with Crippen molar-refractivity contribution in [1.82, 2.24) is 14.5 Å². The molecule has 1 aliphatic rings. The normalized spacial score (nSPS) is 14.9. The molecule has 0 saturated carbocycles. The van der Waals surface area contributed by atoms with Gasteiger partial charge in [0.1, 0.15) is 5.82 Å². The third-order valence-electron chi connectivity index (χ3n) is 5.41. The fourth-order valence-electron chi connectivity index (χ4n) is 3.72. The number of benzene rings is 2. The van der Waals surface area contributed by atoms with Gasteiger partial charge in [-0.2, -0.15) is 0 Å². The molecule has 1 aromatic heterocycles. The number of fused-ring (bicyclic) bond motifs is 1. The lowest BCUT2D eigenvalue weighted by molar-refractivity contribution is 0.0325. The first-order valence-electron chi connectivity index (χ1n) is 10.4. The van der Waals surface area contributed by atoms with Crippen molar-refractivity contribution in [1.29, 1.82) is 0 Å². The Kier molecular flexibility index (Phi) is 6.64. The summed E-state index contributed by atoms with van der Waals surface area (Å²) in [5.41, 5.74) is 1.60. The molecule has 0 bridgehead atoms. The van der Waals surface area contributed by atoms with Crippen LogP contribution in [0.5, 0.6) is 11.5 Å². The Bertz CT molecular complexity index is 1120. The Labute approximate surface area is 181 Å². The average Bonchev–Trinajstić information content (AvgIpc) is 2.81. The van der Waals surface area contributed by atoms with Crippen LogP contribution >= 0.6 is 0 Å². The summed E-state index contributed by atoms with van der Waals surface area (Å²) in [5, 5.41) is 0.511. The number of rotatable bonds is 7. The summed E-state index contributed by atoms with van der Waals surface area (Å²) in [6.45, 7) is 4.04. The molecular formula is C24H27N3O4. The van der Waals surface area contributed by atoms with Crippen molar-refractivity contribution >= 4 is 17.0 Å². The molecule has 7 nitrogen and oxygen atoms in total. The SMILES string of the molecule is COc1cc2nc(CN3CCOCC3)n(C/C=C\c3ccccc3)c(=O)c2cc1OC. The van der Waals surface area contributed by atoms with Crippen LogP contribution in [0.2, 0.25) is 0 Å². The quantitative estimate of drug-likeness (QED) is 0.584. The van der Waals surface area contributed by atoms with Crippen LogP contribution in [0.15, 0.2) is 53.3 Å². The minimum Gasteiger partial charge on any atom is -0.493 e. The van der Waals surface area contributed by atoms with Gasteiger partial charge in [-0.1, -0.05) is 42.5 Å². The second kappa shape index (κ2) is 9.76. The number of allylic oxidation sites excluding steroid dienone is 1. The monoisotopic (exact) mass is 421 g/mol. The zero-order chi connectivity index (χ0) is 21.6. The Balaban J connectivity index is 1.75. The highest BCUT2D eigenvalue weighted by atomic mass is 16.5. The van der Waals surface area contributed by atoms with E-state index in [0.29, 0.717) is 48.7 Å². The first-order valence-corrected chi connectivity index (χ1v) is 10.4. The second-order valence-corrected chi connectivity index (χ2v) is 7.37. The Morgan fingerprint density at radius 1 is 1.06 bits per heavy atom. The molecule has 4 rings (SSSR count). The van der Waals surface area contributed by atoms with Crippen molar-refractivity contribution in [3.8, 4) is 11.5 Å². The van der Waals surface area contributed by atoms with Gasteiger partial charge in [0.2, 0.25) is 0 Å². The van der Waals surface area contributed by atoms with E-state index in [1.165, 1.54) is 0 Å². The summed E-state index contributed by atoms with van der Waals surface area (Å²) >= 11 is 0. The molecule has 7 heteroatoms. The molecule has 2 heterocycles. The molecule has 0 radical (unpaired) electrons. The van der Waals surface area contributed by atoms with Gasteiger partial charge in [-0.05, 0) is 11.6 Å². The highest BCUT2D eigenvalue weighted by Gasteiger charge is 2.18. The topological polar surface area (TPSA) is 65.8 Å². The maximum atomic E-state index is 13.5. The van der Waals surface area contributed by atoms with Gasteiger partial charge in [-0.3, -0.25) is 14.3 Å². The molecule has 0 atom stereocenters. The third kappa shape index (κ3) is 4.78. The van der Waals surface area contributed by atoms with Gasteiger partial charge >= 0.3 is 0 Å². The zero-order valence-electron chi connectivity index (χ0n) is 17.9. The van der Waals surface area contributed by atoms with E-state index in [1.807, 2.05) is 42.5 Å². The number of hydrogen-bond acceptors (Lipinski definition) is 6. The maximum absolute atomic E-state index is 13.5. The smallest absolute Gasteiger partial charge is 0.261 e. The summed E-state index contributed by atoms with van der Waals surface area (Å²) in [4.78, 5) is 20.6. The van der Waals surface area contributed by atoms with E-state index >= 15 is 0 Å². The van der Waals surface area contributed by atoms with E-state index in [4.69, 9.17) is 19.2 Å². The fraction of sp³-hybridized carbons (Fsp3) is 0.333. The molecule has 0 amide bonds. The van der Waals surface area contributed by atoms with Crippen LogP contribution in [-0.2, 0) is 17.8 Å². The first kappa shape index (κ1) is 21.1. The van der Waals surface area contributed by atoms with Gasteiger partial charge in [-0.15, -0.1) is 0 Å². The van der Waals surface area contributed by atoms with Gasteiger partial charge < -0.3 is 14.2 Å². The third-order valence-corrected chi connectivity index (χ3v) is 5.41. The molecule has 0 spiro atoms. The number of hydrogen-bond donors (Lipinski definition) is 0. The molecule has 3 aromatic rings. The molecule has 162 valence electrons. The zero-order valence-corrected chi connectivity index (χ0v) is 17.9. The maximum Gasteiger partial charge on any atom is 0.261 e. The Morgan fingerprint density at radius 3 is 2.48 bits per heavy atom. The minimum atomic E-state index is -0.0908. The fourth-order valence-corrected chi connectivity index (χ4v) is 3.72. The standard InChI is InChI=1S/C24H27N3O4/c1-29-21-15-19-20(16-22(21)30-2)25-23(17-26-11-13-31-14-12-26)27(24(19)28)10-6-9-18-7-4-3-5-8-18/h3-9,15-16H,10-14,17H2,1-2H3/b9-6-. The number of nitrogens with zero attached hydrogens (tertiary/aromatic N) is 3. The van der Waals surface area contributed by atoms with Gasteiger partial charge in [0.15, 0.2) is 11.5 Å². The molecule has 0 unspecified atom stereocenters. The molecule has 1 aliphatic heterocycles. The van der Waals surface area contributed by atoms with Crippen LogP contribution in [-0.4, -0.2) is 55.0 Å². The van der Waals surface area contributed by atoms with Crippen molar-refractivity contribution < 1.29 is 14.2 Å². The van der Waals surface area contributed by atoms with Crippen molar-refractivity contribution in [2.75, 3.05) is 40.5 Å². The molecular weight excluding hydrogens is 394 g/mol. The predicted molar refractivity (Wildman–Crippen MR) is 121 cm³/mol. The first-order chi connectivity index (χ1) is 15.2. The van der Waals surface area contributed by atoms with Gasteiger partial charge in [-0.25, -0.2) is 4.98 Å². The van der Waals surface area contributed by atoms with Gasteiger partial charge in [0.25, 0.3) is 5.56 Å². The van der Waals surface area contributed by atoms with E-state index < -0.39 is 0 Å². The van der Waals surface area contributed by atoms with Crippen LogP contribution in [0.4, 0.5) is 0 Å². The van der Waals surface area contributed by atoms with E-state index in [9.17, 15) is 4.79 Å². The molecule has 2 aromatic carbocycles. The van der Waals surface area contributed by atoms with Crippen LogP contribution in [0.3, 0.4) is 0 Å². The summed E-state index contributed by atoms with van der Waals surface area (Å²) < 4.78 is 18.0. The second-order valence-electron chi connectivity index (χ2n) is 7.37. The highest BCUT2D eigenvalue weighted by molar-refractivity contribution is 5.82. The van der Waals surface area contributed by atoms with Crippen LogP contribution < -0.4 is 15.0 Å². The average molecular weight is 421 g/mol. The van der Waals surface area contributed by atoms with Crippen molar-refractivity contribution in [2.24, 2.45) is 0 Å². The van der Waals surface area contributed by atoms with Crippen molar-refractivity contribution in [3.63, 3.8) is 0 Å². The number of aromatic nitrogens is 2. The lowest BCUT2D eigenvalue weighted by Gasteiger charge is -2.27. The molecule has 1 saturated heterocycles. The minimum absolute atomic E-state index is 0.0908. The Morgan fingerprint density at radius 2 is 1.77 bits per heavy atom. The highest BCUT2D eigenvalue weighted by Crippen LogP contribution is 2.30. The van der Waals surface area contributed by atoms with Crippen LogP contribution in [0.25, 0.3) is 17.0 Å². The largest absolute Gasteiger partial charge is 0.493 e. The lowest BCUT2D eigenvalue weighted by atomic mass is 10.2. The molecule has 1 fully saturated rings. The van der Waals surface area contributed by atoms with Crippen molar-refractivity contribution in [3.05, 3.63) is 70.3 Å². The summed E-state index contributed by atoms with van der Waals surface area (Å²) in [5.74, 6) is 1.80. The number of methoxy groups -OCH3 is 2. The summed E-state index contributed by atoms with van der Waals surface area (Å²) in [7, 11) is 3.14. The van der Waals surface area contributed by atoms with E-state index in [-0.39, 0.29) is 5.56 Å². The molecule has 31 heavy (non-hydrogen) atoms. The number of ether oxygens (including phenoxy) is 3. The summed E-state index contributed by atoms with van der Waals surface area (Å²) in [6, 6.07) is 13.5. The lowest BCUT2D eigenvalue weighted by Crippen LogP contribution is -2.38. The van der Waals surface area contributed by atoms with Gasteiger partial charge in [0, 0.05) is 25.7 Å². The summed E-state index contributed by atoms with van der Waals surface area (Å²) in [6.07, 6.45) is 4.01. The Hall–Kier alpha value is -3.16. The van der Waals surface area contributed by atoms with Crippen LogP contribution in [0.1, 0.15) is 11.4 Å². The van der Waals surface area contributed by atoms with Gasteiger partial charge in [0.05, 0.1) is 44.9 Å². The van der Waals surface area contributed by atoms with Crippen LogP contribution in [0, 0.1) is 0 Å². The van der Waals surface area contributed by atoms with E-state index in [1.54, 1.807) is 30.9 Å². The van der Waals surface area contributed by atoms with E-state index in [0.717, 1.165) is 24.5 Å². The van der Waals surface area contributed by atoms with E-state index in [2.05, 4.69) is 4.90 Å². The molecule has 0 N–H and O–H groups in total. The molecule has 0 aliphatic carbocycles.